The fourth-order valence-electron chi connectivity index (χ4n) is 3.09. The van der Waals surface area contributed by atoms with Gasteiger partial charge in [-0.15, -0.1) is 0 Å². The van der Waals surface area contributed by atoms with Gasteiger partial charge in [-0.05, 0) is 12.1 Å². The summed E-state index contributed by atoms with van der Waals surface area (Å²) in [7, 11) is 1.80. The first-order chi connectivity index (χ1) is 11.7. The predicted octanol–water partition coefficient (Wildman–Crippen LogP) is 0.567. The van der Waals surface area contributed by atoms with Gasteiger partial charge in [0, 0.05) is 33.2 Å². The van der Waals surface area contributed by atoms with Crippen molar-refractivity contribution < 1.29 is 4.42 Å². The minimum Gasteiger partial charge on any atom is -0.468 e. The Labute approximate surface area is 138 Å². The van der Waals surface area contributed by atoms with Gasteiger partial charge in [0.25, 0.3) is 5.56 Å². The number of nitrogens with one attached hydrogen (secondary N) is 1. The average molecular weight is 328 g/mol. The van der Waals surface area contributed by atoms with Crippen LogP contribution in [0.25, 0.3) is 11.0 Å². The van der Waals surface area contributed by atoms with E-state index in [4.69, 9.17) is 4.42 Å². The van der Waals surface area contributed by atoms with Gasteiger partial charge in [-0.1, -0.05) is 0 Å². The Bertz CT molecular complexity index is 874. The summed E-state index contributed by atoms with van der Waals surface area (Å²) >= 11 is 0. The molecule has 126 valence electrons. The van der Waals surface area contributed by atoms with E-state index >= 15 is 0 Å². The zero-order chi connectivity index (χ0) is 16.5. The molecular weight excluding hydrogens is 308 g/mol. The molecule has 0 radical (unpaired) electrons. The molecule has 1 saturated heterocycles. The number of piperazine rings is 1. The van der Waals surface area contributed by atoms with Crippen molar-refractivity contribution in [3.63, 3.8) is 0 Å². The molecule has 0 aliphatic carbocycles. The van der Waals surface area contributed by atoms with Gasteiger partial charge in [0.2, 0.25) is 0 Å². The summed E-state index contributed by atoms with van der Waals surface area (Å²) in [6.45, 7) is 5.31. The molecule has 4 rings (SSSR count). The van der Waals surface area contributed by atoms with Crippen LogP contribution in [-0.2, 0) is 20.1 Å². The molecule has 0 aromatic carbocycles. The van der Waals surface area contributed by atoms with E-state index < -0.39 is 0 Å². The van der Waals surface area contributed by atoms with Crippen molar-refractivity contribution >= 4 is 11.0 Å². The van der Waals surface area contributed by atoms with Crippen LogP contribution in [0.2, 0.25) is 0 Å². The van der Waals surface area contributed by atoms with Gasteiger partial charge >= 0.3 is 0 Å². The Balaban J connectivity index is 1.40. The molecule has 1 aliphatic rings. The molecule has 0 amide bonds. The van der Waals surface area contributed by atoms with Crippen LogP contribution in [0.5, 0.6) is 0 Å². The number of rotatable bonds is 4. The van der Waals surface area contributed by atoms with E-state index in [1.807, 2.05) is 12.1 Å². The predicted molar refractivity (Wildman–Crippen MR) is 88.4 cm³/mol. The third kappa shape index (κ3) is 2.98. The topological polar surface area (TPSA) is 83.2 Å². The van der Waals surface area contributed by atoms with Crippen LogP contribution < -0.4 is 5.56 Å². The number of hydrogen-bond acceptors (Lipinski definition) is 6. The maximum absolute atomic E-state index is 12.1. The third-order valence-electron chi connectivity index (χ3n) is 4.45. The van der Waals surface area contributed by atoms with Crippen LogP contribution in [0.4, 0.5) is 0 Å². The molecule has 24 heavy (non-hydrogen) atoms. The van der Waals surface area contributed by atoms with E-state index in [1.165, 1.54) is 0 Å². The molecule has 3 aromatic rings. The number of aromatic amines is 1. The van der Waals surface area contributed by atoms with Crippen molar-refractivity contribution in [3.05, 3.63) is 46.5 Å². The van der Waals surface area contributed by atoms with E-state index in [9.17, 15) is 4.79 Å². The second kappa shape index (κ2) is 6.21. The van der Waals surface area contributed by atoms with Crippen LogP contribution in [0.1, 0.15) is 11.6 Å². The number of aryl methyl sites for hydroxylation is 1. The molecule has 8 heteroatoms. The second-order valence-electron chi connectivity index (χ2n) is 6.15. The van der Waals surface area contributed by atoms with E-state index in [-0.39, 0.29) is 5.56 Å². The van der Waals surface area contributed by atoms with Gasteiger partial charge in [-0.2, -0.15) is 5.10 Å². The quantitative estimate of drug-likeness (QED) is 0.754. The largest absolute Gasteiger partial charge is 0.468 e. The fraction of sp³-hybridized carbons (Fsp3) is 0.438. The Kier molecular flexibility index (Phi) is 3.91. The molecule has 1 N–H and O–H groups in total. The van der Waals surface area contributed by atoms with Crippen LogP contribution in [0, 0.1) is 0 Å². The van der Waals surface area contributed by atoms with Gasteiger partial charge in [0.15, 0.2) is 5.65 Å². The number of aromatic nitrogens is 4. The van der Waals surface area contributed by atoms with Crippen LogP contribution in [0.3, 0.4) is 0 Å². The van der Waals surface area contributed by atoms with E-state index in [1.54, 1.807) is 24.2 Å². The zero-order valence-corrected chi connectivity index (χ0v) is 13.6. The molecule has 0 saturated carbocycles. The summed E-state index contributed by atoms with van der Waals surface area (Å²) in [6, 6.07) is 3.92. The Hall–Kier alpha value is -2.45. The molecule has 0 atom stereocenters. The molecule has 4 heterocycles. The highest BCUT2D eigenvalue weighted by Crippen LogP contribution is 2.11. The lowest BCUT2D eigenvalue weighted by atomic mass is 10.3. The maximum atomic E-state index is 12.1. The summed E-state index contributed by atoms with van der Waals surface area (Å²) in [6.07, 6.45) is 3.26. The van der Waals surface area contributed by atoms with Gasteiger partial charge in [-0.3, -0.25) is 19.3 Å². The number of nitrogens with zero attached hydrogens (tertiary/aromatic N) is 5. The Morgan fingerprint density at radius 1 is 1.21 bits per heavy atom. The lowest BCUT2D eigenvalue weighted by molar-refractivity contribution is 0.114. The van der Waals surface area contributed by atoms with Gasteiger partial charge in [-0.25, -0.2) is 4.98 Å². The number of fused-ring (bicyclic) bond motifs is 1. The van der Waals surface area contributed by atoms with Crippen molar-refractivity contribution in [2.45, 2.75) is 13.1 Å². The maximum Gasteiger partial charge on any atom is 0.262 e. The summed E-state index contributed by atoms with van der Waals surface area (Å²) in [5.41, 5.74) is 0.504. The normalized spacial score (nSPS) is 16.9. The lowest BCUT2D eigenvalue weighted by Crippen LogP contribution is -2.45. The lowest BCUT2D eigenvalue weighted by Gasteiger charge is -2.33. The highest BCUT2D eigenvalue weighted by atomic mass is 16.3. The minimum atomic E-state index is -0.125. The van der Waals surface area contributed by atoms with E-state index in [0.717, 1.165) is 38.5 Å². The molecule has 1 aliphatic heterocycles. The standard InChI is InChI=1S/C16H20N6O2/c1-20-15-13(9-17-20)16(23)19-14(18-15)11-22-6-4-21(5-7-22)10-12-3-2-8-24-12/h2-3,8-9H,4-7,10-11H2,1H3,(H,18,19,23). The van der Waals surface area contributed by atoms with Crippen LogP contribution >= 0.6 is 0 Å². The smallest absolute Gasteiger partial charge is 0.262 e. The van der Waals surface area contributed by atoms with Crippen molar-refractivity contribution in [2.24, 2.45) is 7.05 Å². The van der Waals surface area contributed by atoms with Crippen molar-refractivity contribution in [1.29, 1.82) is 0 Å². The van der Waals surface area contributed by atoms with Crippen molar-refractivity contribution in [1.82, 2.24) is 29.5 Å². The molecule has 0 spiro atoms. The molecule has 8 nitrogen and oxygen atoms in total. The summed E-state index contributed by atoms with van der Waals surface area (Å²) in [5.74, 6) is 1.69. The third-order valence-corrected chi connectivity index (χ3v) is 4.45. The number of H-pyrrole nitrogens is 1. The molecule has 0 bridgehead atoms. The van der Waals surface area contributed by atoms with Crippen LogP contribution in [0.15, 0.2) is 33.8 Å². The zero-order valence-electron chi connectivity index (χ0n) is 13.6. The van der Waals surface area contributed by atoms with Gasteiger partial charge in [0.05, 0.1) is 25.5 Å². The number of furan rings is 1. The molecule has 1 fully saturated rings. The second-order valence-corrected chi connectivity index (χ2v) is 6.15. The molecule has 3 aromatic heterocycles. The summed E-state index contributed by atoms with van der Waals surface area (Å²) < 4.78 is 7.04. The van der Waals surface area contributed by atoms with Gasteiger partial charge < -0.3 is 9.40 Å². The van der Waals surface area contributed by atoms with Gasteiger partial charge in [0.1, 0.15) is 17.0 Å². The average Bonchev–Trinajstić information content (AvgIpc) is 3.20. The first-order valence-corrected chi connectivity index (χ1v) is 8.07. The van der Waals surface area contributed by atoms with E-state index in [0.29, 0.717) is 23.4 Å². The SMILES string of the molecule is Cn1ncc2c(=O)[nH]c(CN3CCN(Cc4ccco4)CC3)nc21. The highest BCUT2D eigenvalue weighted by molar-refractivity contribution is 5.72. The minimum absolute atomic E-state index is 0.125. The number of hydrogen-bond donors (Lipinski definition) is 1. The monoisotopic (exact) mass is 328 g/mol. The molecular formula is C16H20N6O2. The first-order valence-electron chi connectivity index (χ1n) is 8.07. The summed E-state index contributed by atoms with van der Waals surface area (Å²) in [4.78, 5) is 24.2. The first kappa shape index (κ1) is 15.1. The van der Waals surface area contributed by atoms with Crippen LogP contribution in [-0.4, -0.2) is 55.7 Å². The van der Waals surface area contributed by atoms with Crippen molar-refractivity contribution in [2.75, 3.05) is 26.2 Å². The summed E-state index contributed by atoms with van der Waals surface area (Å²) in [5, 5.41) is 4.63. The molecule has 0 unspecified atom stereocenters. The Morgan fingerprint density at radius 3 is 2.67 bits per heavy atom. The Morgan fingerprint density at radius 2 is 1.96 bits per heavy atom. The van der Waals surface area contributed by atoms with E-state index in [2.05, 4.69) is 24.9 Å². The highest BCUT2D eigenvalue weighted by Gasteiger charge is 2.19. The fourth-order valence-corrected chi connectivity index (χ4v) is 3.09. The van der Waals surface area contributed by atoms with Crippen molar-refractivity contribution in [3.8, 4) is 0 Å².